The van der Waals surface area contributed by atoms with Gasteiger partial charge in [0.25, 0.3) is 5.91 Å². The first-order chi connectivity index (χ1) is 14.7. The molecule has 31 heavy (non-hydrogen) atoms. The van der Waals surface area contributed by atoms with Gasteiger partial charge in [-0.2, -0.15) is 18.3 Å². The molecule has 3 heterocycles. The lowest BCUT2D eigenvalue weighted by Crippen LogP contribution is -2.43. The van der Waals surface area contributed by atoms with Gasteiger partial charge in [0.2, 0.25) is 0 Å². The van der Waals surface area contributed by atoms with Crippen molar-refractivity contribution in [1.29, 1.82) is 0 Å². The Labute approximate surface area is 181 Å². The zero-order valence-corrected chi connectivity index (χ0v) is 18.0. The van der Waals surface area contributed by atoms with Crippen molar-refractivity contribution in [3.8, 4) is 0 Å². The van der Waals surface area contributed by atoms with Crippen molar-refractivity contribution in [3.05, 3.63) is 52.0 Å². The summed E-state index contributed by atoms with van der Waals surface area (Å²) in [6.45, 7) is 4.58. The summed E-state index contributed by atoms with van der Waals surface area (Å²) in [6.07, 6.45) is -4.38. The van der Waals surface area contributed by atoms with Gasteiger partial charge in [0.15, 0.2) is 0 Å². The molecule has 1 aromatic carbocycles. The van der Waals surface area contributed by atoms with E-state index in [1.807, 2.05) is 20.0 Å². The van der Waals surface area contributed by atoms with Crippen LogP contribution in [-0.4, -0.2) is 53.4 Å². The number of benzene rings is 1. The first-order valence-corrected chi connectivity index (χ1v) is 10.8. The molecule has 1 aliphatic rings. The van der Waals surface area contributed by atoms with Crippen LogP contribution in [0.5, 0.6) is 0 Å². The summed E-state index contributed by atoms with van der Waals surface area (Å²) in [6, 6.07) is 6.75. The Morgan fingerprint density at radius 2 is 1.94 bits per heavy atom. The summed E-state index contributed by atoms with van der Waals surface area (Å²) >= 11 is 1.37. The number of amides is 1. The molecule has 0 bridgehead atoms. The number of halogens is 3. The molecule has 4 rings (SSSR count). The second kappa shape index (κ2) is 8.60. The maximum atomic E-state index is 12.9. The highest BCUT2D eigenvalue weighted by atomic mass is 32.1. The van der Waals surface area contributed by atoms with Crippen LogP contribution in [0.25, 0.3) is 10.2 Å². The topological polar surface area (TPSA) is 59.4 Å². The second-order valence-electron chi connectivity index (χ2n) is 7.53. The third-order valence-electron chi connectivity index (χ3n) is 5.49. The largest absolute Gasteiger partial charge is 0.416 e. The number of hydrogen-bond acceptors (Lipinski definition) is 5. The molecule has 2 aromatic heterocycles. The molecule has 6 nitrogen and oxygen atoms in total. The summed E-state index contributed by atoms with van der Waals surface area (Å²) in [7, 11) is 1.84. The number of hydrogen-bond donors (Lipinski definition) is 1. The van der Waals surface area contributed by atoms with E-state index in [4.69, 9.17) is 4.74 Å². The molecule has 1 N–H and O–H groups in total. The zero-order chi connectivity index (χ0) is 22.2. The number of morpholine rings is 1. The first-order valence-electron chi connectivity index (χ1n) is 9.94. The highest BCUT2D eigenvalue weighted by molar-refractivity contribution is 7.20. The maximum Gasteiger partial charge on any atom is 0.416 e. The lowest BCUT2D eigenvalue weighted by atomic mass is 10.0. The molecule has 0 aliphatic carbocycles. The molecule has 1 fully saturated rings. The van der Waals surface area contributed by atoms with Crippen LogP contribution in [0.15, 0.2) is 30.3 Å². The van der Waals surface area contributed by atoms with Crippen molar-refractivity contribution in [2.45, 2.75) is 19.1 Å². The number of alkyl halides is 3. The van der Waals surface area contributed by atoms with Crippen molar-refractivity contribution in [2.24, 2.45) is 7.05 Å². The van der Waals surface area contributed by atoms with E-state index in [0.717, 1.165) is 33.6 Å². The molecule has 1 atom stereocenters. The van der Waals surface area contributed by atoms with Gasteiger partial charge in [0.05, 0.1) is 35.4 Å². The summed E-state index contributed by atoms with van der Waals surface area (Å²) < 4.78 is 46.0. The van der Waals surface area contributed by atoms with Gasteiger partial charge in [-0.05, 0) is 30.7 Å². The molecule has 1 saturated heterocycles. The van der Waals surface area contributed by atoms with E-state index in [1.54, 1.807) is 4.68 Å². The first kappa shape index (κ1) is 21.8. The summed E-state index contributed by atoms with van der Waals surface area (Å²) in [5.74, 6) is -0.203. The monoisotopic (exact) mass is 452 g/mol. The second-order valence-corrected chi connectivity index (χ2v) is 8.56. The zero-order valence-electron chi connectivity index (χ0n) is 17.2. The molecule has 1 aliphatic heterocycles. The number of nitrogens with zero attached hydrogens (tertiary/aromatic N) is 3. The van der Waals surface area contributed by atoms with Gasteiger partial charge < -0.3 is 10.1 Å². The van der Waals surface area contributed by atoms with Gasteiger partial charge >= 0.3 is 6.18 Å². The van der Waals surface area contributed by atoms with E-state index in [0.29, 0.717) is 31.2 Å². The van der Waals surface area contributed by atoms with Crippen LogP contribution in [-0.2, 0) is 18.0 Å². The third-order valence-corrected chi connectivity index (χ3v) is 6.69. The lowest BCUT2D eigenvalue weighted by molar-refractivity contribution is -0.137. The Morgan fingerprint density at radius 1 is 1.26 bits per heavy atom. The Kier molecular flexibility index (Phi) is 6.05. The number of carbonyl (C=O) groups excluding carboxylic acids is 1. The van der Waals surface area contributed by atoms with Gasteiger partial charge in [-0.3, -0.25) is 14.4 Å². The Hall–Kier alpha value is -2.43. The minimum absolute atomic E-state index is 0.203. The van der Waals surface area contributed by atoms with Crippen LogP contribution in [0, 0.1) is 6.92 Å². The number of nitrogens with one attached hydrogen (secondary N) is 1. The number of thiophene rings is 1. The van der Waals surface area contributed by atoms with E-state index in [9.17, 15) is 18.0 Å². The molecule has 1 unspecified atom stereocenters. The standard InChI is InChI=1S/C21H23F3N4O2S/c1-13-16-11-18(31-20(16)27(2)26-13)19(29)25-12-17(28-7-9-30-10-8-28)14-3-5-15(6-4-14)21(22,23)24/h3-6,11,17H,7-10,12H2,1-2H3,(H,25,29). The minimum Gasteiger partial charge on any atom is -0.379 e. The molecular formula is C21H23F3N4O2S. The number of aryl methyl sites for hydroxylation is 2. The highest BCUT2D eigenvalue weighted by Crippen LogP contribution is 2.31. The van der Waals surface area contributed by atoms with Crippen molar-refractivity contribution in [3.63, 3.8) is 0 Å². The number of rotatable bonds is 5. The predicted octanol–water partition coefficient (Wildman–Crippen LogP) is 3.77. The summed E-state index contributed by atoms with van der Waals surface area (Å²) in [5.41, 5.74) is 0.908. The lowest BCUT2D eigenvalue weighted by Gasteiger charge is -2.35. The minimum atomic E-state index is -4.38. The smallest absolute Gasteiger partial charge is 0.379 e. The van der Waals surface area contributed by atoms with Crippen LogP contribution < -0.4 is 5.32 Å². The van der Waals surface area contributed by atoms with E-state index >= 15 is 0 Å². The maximum absolute atomic E-state index is 12.9. The number of ether oxygens (including phenoxy) is 1. The molecular weight excluding hydrogens is 429 g/mol. The van der Waals surface area contributed by atoms with Gasteiger partial charge in [0, 0.05) is 32.1 Å². The Morgan fingerprint density at radius 3 is 2.55 bits per heavy atom. The highest BCUT2D eigenvalue weighted by Gasteiger charge is 2.31. The average molecular weight is 453 g/mol. The van der Waals surface area contributed by atoms with Crippen molar-refractivity contribution in [1.82, 2.24) is 20.0 Å². The van der Waals surface area contributed by atoms with Gasteiger partial charge in [-0.15, -0.1) is 11.3 Å². The Bertz CT molecular complexity index is 1030. The number of aromatic nitrogens is 2. The molecule has 1 amide bonds. The van der Waals surface area contributed by atoms with Crippen LogP contribution in [0.2, 0.25) is 0 Å². The normalized spacial score (nSPS) is 16.5. The van der Waals surface area contributed by atoms with E-state index < -0.39 is 11.7 Å². The molecule has 0 spiro atoms. The molecule has 10 heteroatoms. The average Bonchev–Trinajstić information content (AvgIpc) is 3.30. The third kappa shape index (κ3) is 4.60. The van der Waals surface area contributed by atoms with Gasteiger partial charge in [-0.25, -0.2) is 0 Å². The van der Waals surface area contributed by atoms with Crippen molar-refractivity contribution < 1.29 is 22.7 Å². The van der Waals surface area contributed by atoms with Crippen molar-refractivity contribution >= 4 is 27.5 Å². The van der Waals surface area contributed by atoms with E-state index in [-0.39, 0.29) is 18.5 Å². The summed E-state index contributed by atoms with van der Waals surface area (Å²) in [4.78, 5) is 16.5. The van der Waals surface area contributed by atoms with Gasteiger partial charge in [-0.1, -0.05) is 12.1 Å². The fourth-order valence-electron chi connectivity index (χ4n) is 3.83. The molecule has 0 saturated carbocycles. The fourth-order valence-corrected chi connectivity index (χ4v) is 4.87. The molecule has 0 radical (unpaired) electrons. The van der Waals surface area contributed by atoms with Crippen LogP contribution >= 0.6 is 11.3 Å². The van der Waals surface area contributed by atoms with E-state index in [2.05, 4.69) is 15.3 Å². The number of carbonyl (C=O) groups is 1. The van der Waals surface area contributed by atoms with E-state index in [1.165, 1.54) is 23.5 Å². The predicted molar refractivity (Wildman–Crippen MR) is 112 cm³/mol. The Balaban J connectivity index is 1.52. The fraction of sp³-hybridized carbons (Fsp3) is 0.429. The van der Waals surface area contributed by atoms with Gasteiger partial charge in [0.1, 0.15) is 4.83 Å². The quantitative estimate of drug-likeness (QED) is 0.641. The van der Waals surface area contributed by atoms with Crippen molar-refractivity contribution in [2.75, 3.05) is 32.8 Å². The van der Waals surface area contributed by atoms with Crippen LogP contribution in [0.3, 0.4) is 0 Å². The molecule has 166 valence electrons. The summed E-state index contributed by atoms with van der Waals surface area (Å²) in [5, 5.41) is 8.26. The van der Waals surface area contributed by atoms with Crippen LogP contribution in [0.4, 0.5) is 13.2 Å². The van der Waals surface area contributed by atoms with Crippen LogP contribution in [0.1, 0.15) is 32.5 Å². The molecule has 3 aromatic rings. The SMILES string of the molecule is Cc1nn(C)c2sc(C(=O)NCC(c3ccc(C(F)(F)F)cc3)N3CCOCC3)cc12. The number of fused-ring (bicyclic) bond motifs is 1.